The van der Waals surface area contributed by atoms with Gasteiger partial charge < -0.3 is 5.32 Å². The zero-order valence-electron chi connectivity index (χ0n) is 11.6. The van der Waals surface area contributed by atoms with E-state index in [1.807, 2.05) is 12.1 Å². The first-order valence-electron chi connectivity index (χ1n) is 6.92. The molecule has 2 rings (SSSR count). The molecule has 1 nitrogen and oxygen atoms in total. The lowest BCUT2D eigenvalue weighted by Gasteiger charge is -2.17. The third-order valence-electron chi connectivity index (χ3n) is 3.40. The highest BCUT2D eigenvalue weighted by Gasteiger charge is 2.08. The van der Waals surface area contributed by atoms with Gasteiger partial charge in [0.2, 0.25) is 0 Å². The number of halogens is 2. The number of hydrogen-bond donors (Lipinski definition) is 1. The van der Waals surface area contributed by atoms with Crippen molar-refractivity contribution in [2.75, 3.05) is 6.54 Å². The fraction of sp³-hybridized carbons (Fsp3) is 0.294. The van der Waals surface area contributed by atoms with E-state index in [2.05, 4.69) is 52.4 Å². The molecule has 0 spiro atoms. The van der Waals surface area contributed by atoms with Gasteiger partial charge in [0.1, 0.15) is 5.82 Å². The zero-order chi connectivity index (χ0) is 14.4. The van der Waals surface area contributed by atoms with E-state index in [4.69, 9.17) is 0 Å². The largest absolute Gasteiger partial charge is 0.310 e. The van der Waals surface area contributed by atoms with E-state index < -0.39 is 0 Å². The minimum atomic E-state index is -0.178. The van der Waals surface area contributed by atoms with Crippen LogP contribution in [0.15, 0.2) is 53.0 Å². The zero-order valence-corrected chi connectivity index (χ0v) is 13.2. The molecule has 3 heteroatoms. The van der Waals surface area contributed by atoms with Crippen molar-refractivity contribution in [1.29, 1.82) is 0 Å². The number of rotatable bonds is 6. The van der Waals surface area contributed by atoms with Crippen LogP contribution >= 0.6 is 15.9 Å². The van der Waals surface area contributed by atoms with Crippen LogP contribution < -0.4 is 5.32 Å². The molecular formula is C17H19BrFN. The van der Waals surface area contributed by atoms with E-state index in [0.29, 0.717) is 6.04 Å². The van der Waals surface area contributed by atoms with E-state index in [9.17, 15) is 4.39 Å². The van der Waals surface area contributed by atoms with E-state index >= 15 is 0 Å². The molecule has 2 aromatic carbocycles. The quantitative estimate of drug-likeness (QED) is 0.793. The van der Waals surface area contributed by atoms with Crippen molar-refractivity contribution in [1.82, 2.24) is 5.32 Å². The maximum absolute atomic E-state index is 12.8. The summed E-state index contributed by atoms with van der Waals surface area (Å²) in [6.07, 6.45) is 1.96. The summed E-state index contributed by atoms with van der Waals surface area (Å²) in [6, 6.07) is 15.5. The Morgan fingerprint density at radius 2 is 1.70 bits per heavy atom. The Morgan fingerprint density at radius 1 is 1.05 bits per heavy atom. The highest BCUT2D eigenvalue weighted by Crippen LogP contribution is 2.19. The molecule has 0 fully saturated rings. The smallest absolute Gasteiger partial charge is 0.123 e. The van der Waals surface area contributed by atoms with E-state index in [0.717, 1.165) is 29.4 Å². The summed E-state index contributed by atoms with van der Waals surface area (Å²) in [5.74, 6) is -0.178. The molecule has 0 aliphatic carbocycles. The standard InChI is InChI=1S/C17H19BrFN/c1-2-17(14-5-7-15(18)8-6-14)20-12-11-13-3-9-16(19)10-4-13/h3-10,17,20H,2,11-12H2,1H3. The van der Waals surface area contributed by atoms with Gasteiger partial charge in [-0.3, -0.25) is 0 Å². The predicted molar refractivity (Wildman–Crippen MR) is 85.3 cm³/mol. The van der Waals surface area contributed by atoms with Crippen LogP contribution in [0.3, 0.4) is 0 Å². The van der Waals surface area contributed by atoms with Gasteiger partial charge in [-0.2, -0.15) is 0 Å². The van der Waals surface area contributed by atoms with E-state index in [1.54, 1.807) is 0 Å². The fourth-order valence-electron chi connectivity index (χ4n) is 2.23. The molecule has 20 heavy (non-hydrogen) atoms. The van der Waals surface area contributed by atoms with Crippen LogP contribution in [0.4, 0.5) is 4.39 Å². The van der Waals surface area contributed by atoms with Crippen LogP contribution in [0.5, 0.6) is 0 Å². The molecule has 0 aliphatic rings. The average molecular weight is 336 g/mol. The third-order valence-corrected chi connectivity index (χ3v) is 3.93. The summed E-state index contributed by atoms with van der Waals surface area (Å²) in [7, 11) is 0. The summed E-state index contributed by atoms with van der Waals surface area (Å²) in [4.78, 5) is 0. The molecule has 0 heterocycles. The van der Waals surface area contributed by atoms with Crippen LogP contribution in [0.25, 0.3) is 0 Å². The second-order valence-corrected chi connectivity index (χ2v) is 5.76. The molecule has 0 aromatic heterocycles. The highest BCUT2D eigenvalue weighted by molar-refractivity contribution is 9.10. The van der Waals surface area contributed by atoms with Crippen LogP contribution in [0, 0.1) is 5.82 Å². The van der Waals surface area contributed by atoms with Crippen molar-refractivity contribution in [3.63, 3.8) is 0 Å². The minimum Gasteiger partial charge on any atom is -0.310 e. The van der Waals surface area contributed by atoms with Crippen molar-refractivity contribution in [2.45, 2.75) is 25.8 Å². The predicted octanol–water partition coefficient (Wildman–Crippen LogP) is 4.87. The van der Waals surface area contributed by atoms with Crippen LogP contribution in [-0.2, 0) is 6.42 Å². The lowest BCUT2D eigenvalue weighted by atomic mass is 10.0. The second kappa shape index (κ2) is 7.55. The maximum Gasteiger partial charge on any atom is 0.123 e. The first-order valence-corrected chi connectivity index (χ1v) is 7.71. The molecule has 0 radical (unpaired) electrons. The van der Waals surface area contributed by atoms with Crippen molar-refractivity contribution >= 4 is 15.9 Å². The number of benzene rings is 2. The molecular weight excluding hydrogens is 317 g/mol. The summed E-state index contributed by atoms with van der Waals surface area (Å²) >= 11 is 3.45. The van der Waals surface area contributed by atoms with Crippen molar-refractivity contribution in [2.24, 2.45) is 0 Å². The van der Waals surface area contributed by atoms with Crippen molar-refractivity contribution < 1.29 is 4.39 Å². The Balaban J connectivity index is 1.87. The molecule has 1 atom stereocenters. The van der Waals surface area contributed by atoms with Gasteiger partial charge in [0.15, 0.2) is 0 Å². The van der Waals surface area contributed by atoms with Crippen molar-refractivity contribution in [3.05, 3.63) is 69.9 Å². The van der Waals surface area contributed by atoms with Crippen LogP contribution in [-0.4, -0.2) is 6.54 Å². The van der Waals surface area contributed by atoms with Crippen molar-refractivity contribution in [3.8, 4) is 0 Å². The van der Waals surface area contributed by atoms with Crippen LogP contribution in [0.1, 0.15) is 30.5 Å². The van der Waals surface area contributed by atoms with E-state index in [1.165, 1.54) is 17.7 Å². The van der Waals surface area contributed by atoms with Gasteiger partial charge >= 0.3 is 0 Å². The number of hydrogen-bond acceptors (Lipinski definition) is 1. The lowest BCUT2D eigenvalue weighted by Crippen LogP contribution is -2.23. The summed E-state index contributed by atoms with van der Waals surface area (Å²) in [5, 5.41) is 3.56. The SMILES string of the molecule is CCC(NCCc1ccc(F)cc1)c1ccc(Br)cc1. The Morgan fingerprint density at radius 3 is 2.30 bits per heavy atom. The van der Waals surface area contributed by atoms with Gasteiger partial charge in [-0.25, -0.2) is 4.39 Å². The van der Waals surface area contributed by atoms with Gasteiger partial charge in [-0.05, 0) is 54.8 Å². The van der Waals surface area contributed by atoms with Gasteiger partial charge in [-0.1, -0.05) is 47.1 Å². The molecule has 0 saturated heterocycles. The molecule has 2 aromatic rings. The topological polar surface area (TPSA) is 12.0 Å². The van der Waals surface area contributed by atoms with Gasteiger partial charge in [0, 0.05) is 10.5 Å². The molecule has 0 amide bonds. The maximum atomic E-state index is 12.8. The summed E-state index contributed by atoms with van der Waals surface area (Å²) in [5.41, 5.74) is 2.46. The first kappa shape index (κ1) is 15.2. The lowest BCUT2D eigenvalue weighted by molar-refractivity contribution is 0.522. The summed E-state index contributed by atoms with van der Waals surface area (Å²) in [6.45, 7) is 3.07. The average Bonchev–Trinajstić information content (AvgIpc) is 2.47. The Hall–Kier alpha value is -1.19. The third kappa shape index (κ3) is 4.43. The Bertz CT molecular complexity index is 522. The Labute approximate surface area is 128 Å². The van der Waals surface area contributed by atoms with Gasteiger partial charge in [-0.15, -0.1) is 0 Å². The second-order valence-electron chi connectivity index (χ2n) is 4.84. The van der Waals surface area contributed by atoms with Crippen LogP contribution in [0.2, 0.25) is 0 Å². The minimum absolute atomic E-state index is 0.178. The molecule has 0 bridgehead atoms. The molecule has 1 unspecified atom stereocenters. The fourth-order valence-corrected chi connectivity index (χ4v) is 2.50. The highest BCUT2D eigenvalue weighted by atomic mass is 79.9. The monoisotopic (exact) mass is 335 g/mol. The molecule has 106 valence electrons. The molecule has 0 saturated carbocycles. The number of nitrogens with one attached hydrogen (secondary N) is 1. The normalized spacial score (nSPS) is 12.3. The Kier molecular flexibility index (Phi) is 5.74. The van der Waals surface area contributed by atoms with E-state index in [-0.39, 0.29) is 5.82 Å². The van der Waals surface area contributed by atoms with Gasteiger partial charge in [0.05, 0.1) is 0 Å². The molecule has 0 aliphatic heterocycles. The summed E-state index contributed by atoms with van der Waals surface area (Å²) < 4.78 is 13.9. The first-order chi connectivity index (χ1) is 9.69. The van der Waals surface area contributed by atoms with Gasteiger partial charge in [0.25, 0.3) is 0 Å². The molecule has 1 N–H and O–H groups in total.